The molecule has 0 saturated carbocycles. The largest absolute Gasteiger partial charge is 0.456 e. The molecule has 1 aliphatic heterocycles. The van der Waals surface area contributed by atoms with Crippen LogP contribution >= 0.6 is 0 Å². The van der Waals surface area contributed by atoms with E-state index in [1.165, 1.54) is 0 Å². The van der Waals surface area contributed by atoms with Gasteiger partial charge in [0.15, 0.2) is 0 Å². The first-order valence-corrected chi connectivity index (χ1v) is 5.31. The van der Waals surface area contributed by atoms with E-state index in [-0.39, 0.29) is 12.2 Å². The predicted octanol–water partition coefficient (Wildman–Crippen LogP) is 0.736. The molecule has 1 aromatic rings. The van der Waals surface area contributed by atoms with Gasteiger partial charge in [-0.25, -0.2) is 4.79 Å². The van der Waals surface area contributed by atoms with E-state index < -0.39 is 17.7 Å². The number of fused-ring (bicyclic) bond motifs is 1. The first kappa shape index (κ1) is 11.9. The van der Waals surface area contributed by atoms with E-state index in [0.717, 1.165) is 0 Å². The highest BCUT2D eigenvalue weighted by molar-refractivity contribution is 6.52. The lowest BCUT2D eigenvalue weighted by Gasteiger charge is -1.98. The van der Waals surface area contributed by atoms with E-state index in [4.69, 9.17) is 0 Å². The lowest BCUT2D eigenvalue weighted by molar-refractivity contribution is -0.136. The van der Waals surface area contributed by atoms with Crippen LogP contribution in [0.25, 0.3) is 0 Å². The van der Waals surface area contributed by atoms with Crippen LogP contribution in [-0.2, 0) is 14.3 Å². The Morgan fingerprint density at radius 2 is 2.17 bits per heavy atom. The predicted molar refractivity (Wildman–Crippen MR) is 62.9 cm³/mol. The van der Waals surface area contributed by atoms with Crippen molar-refractivity contribution in [3.8, 4) is 11.8 Å². The number of carbonyl (C=O) groups excluding carboxylic acids is 3. The molecule has 5 heteroatoms. The smallest absolute Gasteiger partial charge is 0.384 e. The number of hydrogen-bond donors (Lipinski definition) is 1. The molecule has 0 fully saturated rings. The molecular formula is C13H9NO4. The van der Waals surface area contributed by atoms with E-state index in [1.54, 1.807) is 25.1 Å². The topological polar surface area (TPSA) is 72.5 Å². The van der Waals surface area contributed by atoms with Gasteiger partial charge in [0.05, 0.1) is 17.9 Å². The molecule has 5 nitrogen and oxygen atoms in total. The number of rotatable bonds is 1. The van der Waals surface area contributed by atoms with Gasteiger partial charge in [0.25, 0.3) is 11.7 Å². The Kier molecular flexibility index (Phi) is 3.11. The normalized spacial score (nSPS) is 12.3. The van der Waals surface area contributed by atoms with Crippen LogP contribution in [0.5, 0.6) is 0 Å². The van der Waals surface area contributed by atoms with Gasteiger partial charge in [-0.2, -0.15) is 0 Å². The van der Waals surface area contributed by atoms with Crippen LogP contribution in [0.2, 0.25) is 0 Å². The molecule has 0 radical (unpaired) electrons. The van der Waals surface area contributed by atoms with Gasteiger partial charge in [-0.15, -0.1) is 0 Å². The summed E-state index contributed by atoms with van der Waals surface area (Å²) in [7, 11) is 0. The molecule has 1 amide bonds. The van der Waals surface area contributed by atoms with Crippen molar-refractivity contribution in [3.05, 3.63) is 29.3 Å². The number of hydrogen-bond acceptors (Lipinski definition) is 4. The number of esters is 1. The summed E-state index contributed by atoms with van der Waals surface area (Å²) in [5.74, 6) is 2.81. The van der Waals surface area contributed by atoms with Gasteiger partial charge in [0.1, 0.15) is 0 Å². The molecule has 2 rings (SSSR count). The zero-order chi connectivity index (χ0) is 13.1. The lowest BCUT2D eigenvalue weighted by Crippen LogP contribution is -2.13. The molecule has 0 bridgehead atoms. The summed E-state index contributed by atoms with van der Waals surface area (Å²) in [5, 5.41) is 2.43. The fraction of sp³-hybridized carbons (Fsp3) is 0.154. The molecule has 0 unspecified atom stereocenters. The van der Waals surface area contributed by atoms with Crippen molar-refractivity contribution >= 4 is 23.3 Å². The highest BCUT2D eigenvalue weighted by Crippen LogP contribution is 2.25. The summed E-state index contributed by atoms with van der Waals surface area (Å²) in [4.78, 5) is 33.9. The SMILES string of the molecule is CCOC(=O)C#Cc1cccc2c1C(=O)C(=O)N2. The molecule has 0 aromatic heterocycles. The molecule has 1 aromatic carbocycles. The summed E-state index contributed by atoms with van der Waals surface area (Å²) < 4.78 is 4.65. The minimum atomic E-state index is -0.685. The first-order valence-electron chi connectivity index (χ1n) is 5.31. The van der Waals surface area contributed by atoms with Crippen molar-refractivity contribution in [2.75, 3.05) is 11.9 Å². The van der Waals surface area contributed by atoms with Gasteiger partial charge in [0, 0.05) is 11.5 Å². The van der Waals surface area contributed by atoms with Crippen molar-refractivity contribution in [2.45, 2.75) is 6.92 Å². The summed E-state index contributed by atoms with van der Waals surface area (Å²) in [6.07, 6.45) is 0. The van der Waals surface area contributed by atoms with Gasteiger partial charge in [-0.05, 0) is 19.1 Å². The molecule has 1 N–H and O–H groups in total. The number of amides is 1. The lowest BCUT2D eigenvalue weighted by atomic mass is 10.0. The monoisotopic (exact) mass is 243 g/mol. The van der Waals surface area contributed by atoms with Gasteiger partial charge >= 0.3 is 5.97 Å². The van der Waals surface area contributed by atoms with E-state index in [2.05, 4.69) is 21.9 Å². The van der Waals surface area contributed by atoms with E-state index in [0.29, 0.717) is 11.3 Å². The Hall–Kier alpha value is -2.61. The molecule has 90 valence electrons. The number of ether oxygens (including phenoxy) is 1. The Morgan fingerprint density at radius 3 is 2.89 bits per heavy atom. The van der Waals surface area contributed by atoms with Crippen molar-refractivity contribution < 1.29 is 19.1 Å². The number of Topliss-reactive ketones (excluding diaryl/α,β-unsaturated/α-hetero) is 1. The third-order valence-corrected chi connectivity index (χ3v) is 2.32. The second-order valence-corrected chi connectivity index (χ2v) is 3.48. The minimum absolute atomic E-state index is 0.208. The summed E-state index contributed by atoms with van der Waals surface area (Å²) >= 11 is 0. The van der Waals surface area contributed by atoms with Crippen LogP contribution in [0.15, 0.2) is 18.2 Å². The Morgan fingerprint density at radius 1 is 1.39 bits per heavy atom. The molecule has 1 aliphatic rings. The Labute approximate surface area is 103 Å². The van der Waals surface area contributed by atoms with Gasteiger partial charge in [-0.3, -0.25) is 9.59 Å². The average Bonchev–Trinajstić information content (AvgIpc) is 2.64. The first-order chi connectivity index (χ1) is 8.63. The van der Waals surface area contributed by atoms with Crippen LogP contribution < -0.4 is 5.32 Å². The highest BCUT2D eigenvalue weighted by Gasteiger charge is 2.29. The highest BCUT2D eigenvalue weighted by atomic mass is 16.5. The third kappa shape index (κ3) is 2.09. The number of ketones is 1. The molecule has 0 saturated heterocycles. The second kappa shape index (κ2) is 4.72. The summed E-state index contributed by atoms with van der Waals surface area (Å²) in [6.45, 7) is 1.91. The number of benzene rings is 1. The van der Waals surface area contributed by atoms with Gasteiger partial charge in [-0.1, -0.05) is 12.0 Å². The van der Waals surface area contributed by atoms with E-state index >= 15 is 0 Å². The minimum Gasteiger partial charge on any atom is -0.456 e. The number of anilines is 1. The van der Waals surface area contributed by atoms with Crippen molar-refractivity contribution in [1.29, 1.82) is 0 Å². The molecule has 18 heavy (non-hydrogen) atoms. The van der Waals surface area contributed by atoms with Crippen LogP contribution in [0, 0.1) is 11.8 Å². The second-order valence-electron chi connectivity index (χ2n) is 3.48. The number of nitrogens with one attached hydrogen (secondary N) is 1. The Balaban J connectivity index is 2.37. The molecule has 1 heterocycles. The fourth-order valence-corrected chi connectivity index (χ4v) is 1.58. The zero-order valence-electron chi connectivity index (χ0n) is 9.57. The maximum Gasteiger partial charge on any atom is 0.384 e. The third-order valence-electron chi connectivity index (χ3n) is 2.32. The molecular weight excluding hydrogens is 234 g/mol. The van der Waals surface area contributed by atoms with Gasteiger partial charge < -0.3 is 10.1 Å². The van der Waals surface area contributed by atoms with Crippen LogP contribution in [0.1, 0.15) is 22.8 Å². The summed E-state index contributed by atoms with van der Waals surface area (Å²) in [6, 6.07) is 4.82. The summed E-state index contributed by atoms with van der Waals surface area (Å²) in [5.41, 5.74) is 0.962. The Bertz CT molecular complexity index is 607. The number of carbonyl (C=O) groups is 3. The van der Waals surface area contributed by atoms with Crippen molar-refractivity contribution in [3.63, 3.8) is 0 Å². The van der Waals surface area contributed by atoms with E-state index in [1.807, 2.05) is 0 Å². The van der Waals surface area contributed by atoms with Crippen molar-refractivity contribution in [1.82, 2.24) is 0 Å². The standard InChI is InChI=1S/C13H9NO4/c1-2-18-10(15)7-6-8-4-3-5-9-11(8)12(16)13(17)14-9/h3-5H,2H2,1H3,(H,14,16,17). The maximum absolute atomic E-state index is 11.6. The maximum atomic E-state index is 11.6. The quantitative estimate of drug-likeness (QED) is 0.448. The molecule has 0 spiro atoms. The van der Waals surface area contributed by atoms with Crippen LogP contribution in [-0.4, -0.2) is 24.3 Å². The molecule has 0 atom stereocenters. The van der Waals surface area contributed by atoms with Crippen molar-refractivity contribution in [2.24, 2.45) is 0 Å². The molecule has 0 aliphatic carbocycles. The zero-order valence-corrected chi connectivity index (χ0v) is 9.57. The average molecular weight is 243 g/mol. The fourth-order valence-electron chi connectivity index (χ4n) is 1.58. The van der Waals surface area contributed by atoms with Crippen LogP contribution in [0.4, 0.5) is 5.69 Å². The van der Waals surface area contributed by atoms with E-state index in [9.17, 15) is 14.4 Å². The van der Waals surface area contributed by atoms with Crippen LogP contribution in [0.3, 0.4) is 0 Å². The van der Waals surface area contributed by atoms with Gasteiger partial charge in [0.2, 0.25) is 0 Å².